The lowest BCUT2D eigenvalue weighted by Crippen LogP contribution is -2.22. The van der Waals surface area contributed by atoms with E-state index in [1.807, 2.05) is 25.1 Å². The normalized spacial score (nSPS) is 26.3. The Morgan fingerprint density at radius 3 is 1.88 bits per heavy atom. The van der Waals surface area contributed by atoms with E-state index in [9.17, 15) is 8.78 Å². The van der Waals surface area contributed by atoms with Gasteiger partial charge in [0, 0.05) is 5.56 Å². The zero-order valence-corrected chi connectivity index (χ0v) is 19.3. The van der Waals surface area contributed by atoms with Crippen molar-refractivity contribution in [1.29, 1.82) is 0 Å². The van der Waals surface area contributed by atoms with Crippen LogP contribution in [0.3, 0.4) is 0 Å². The maximum atomic E-state index is 15.0. The van der Waals surface area contributed by atoms with E-state index in [1.165, 1.54) is 0 Å². The Kier molecular flexibility index (Phi) is 7.60. The van der Waals surface area contributed by atoms with Crippen molar-refractivity contribution < 1.29 is 17.9 Å². The van der Waals surface area contributed by atoms with Crippen LogP contribution in [0.25, 0.3) is 0 Å². The number of rotatable bonds is 6. The summed E-state index contributed by atoms with van der Waals surface area (Å²) in [5, 5.41) is 0. The second-order valence-electron chi connectivity index (χ2n) is 9.89. The average Bonchev–Trinajstić information content (AvgIpc) is 2.81. The lowest BCUT2D eigenvalue weighted by molar-refractivity contribution is 0.0118. The Morgan fingerprint density at radius 2 is 1.34 bits per heavy atom. The molecule has 0 spiro atoms. The van der Waals surface area contributed by atoms with Gasteiger partial charge in [-0.25, -0.2) is 13.2 Å². The summed E-state index contributed by atoms with van der Waals surface area (Å²) in [5.41, 5.74) is 2.62. The Hall–Kier alpha value is -1.81. The average molecular weight is 445 g/mol. The molecule has 0 aromatic heterocycles. The molecule has 4 heteroatoms. The third-order valence-corrected chi connectivity index (χ3v) is 7.71. The van der Waals surface area contributed by atoms with Crippen LogP contribution in [0, 0.1) is 23.4 Å². The van der Waals surface area contributed by atoms with Crippen molar-refractivity contribution in [1.82, 2.24) is 0 Å². The number of hydrogen-bond acceptors (Lipinski definition) is 1. The summed E-state index contributed by atoms with van der Waals surface area (Å²) in [6.07, 6.45) is 7.99. The molecule has 0 unspecified atom stereocenters. The van der Waals surface area contributed by atoms with Crippen LogP contribution in [-0.4, -0.2) is 6.10 Å². The summed E-state index contributed by atoms with van der Waals surface area (Å²) in [4.78, 5) is 0. The molecule has 0 saturated heterocycles. The Morgan fingerprint density at radius 1 is 0.781 bits per heavy atom. The van der Waals surface area contributed by atoms with Crippen molar-refractivity contribution in [3.05, 3.63) is 70.0 Å². The maximum Gasteiger partial charge on any atom is 0.162 e. The standard InChI is InChI=1S/C28H35F3O/c1-3-19-6-9-22(26(29)16-19)17-32-23-12-10-21(11-13-23)25-15-14-24(27(30)28(25)31)20-7-4-18(2)5-8-20/h6,9,14-16,18,20-21,23H,3-5,7-8,10-13,17H2,1-2H3. The lowest BCUT2D eigenvalue weighted by Gasteiger charge is -2.30. The minimum atomic E-state index is -0.649. The van der Waals surface area contributed by atoms with Gasteiger partial charge in [-0.2, -0.15) is 0 Å². The van der Waals surface area contributed by atoms with Gasteiger partial charge in [0.1, 0.15) is 5.82 Å². The van der Waals surface area contributed by atoms with E-state index in [-0.39, 0.29) is 30.4 Å². The van der Waals surface area contributed by atoms with Crippen LogP contribution in [0.4, 0.5) is 13.2 Å². The third-order valence-electron chi connectivity index (χ3n) is 7.71. The van der Waals surface area contributed by atoms with Gasteiger partial charge in [0.2, 0.25) is 0 Å². The molecule has 2 fully saturated rings. The smallest absolute Gasteiger partial charge is 0.162 e. The fourth-order valence-electron chi connectivity index (χ4n) is 5.46. The highest BCUT2D eigenvalue weighted by Crippen LogP contribution is 2.40. The van der Waals surface area contributed by atoms with Crippen LogP contribution in [-0.2, 0) is 17.8 Å². The molecule has 0 heterocycles. The van der Waals surface area contributed by atoms with E-state index >= 15 is 4.39 Å². The van der Waals surface area contributed by atoms with Crippen molar-refractivity contribution in [2.45, 2.75) is 96.2 Å². The molecule has 0 amide bonds. The number of aryl methyl sites for hydroxylation is 1. The first-order valence-corrected chi connectivity index (χ1v) is 12.3. The molecule has 0 bridgehead atoms. The number of benzene rings is 2. The summed E-state index contributed by atoms with van der Waals surface area (Å²) in [7, 11) is 0. The zero-order chi connectivity index (χ0) is 22.7. The highest BCUT2D eigenvalue weighted by atomic mass is 19.2. The highest BCUT2D eigenvalue weighted by molar-refractivity contribution is 5.32. The van der Waals surface area contributed by atoms with Gasteiger partial charge in [-0.15, -0.1) is 0 Å². The SMILES string of the molecule is CCc1ccc(COC2CCC(c3ccc(C4CCC(C)CC4)c(F)c3F)CC2)c(F)c1. The molecule has 0 atom stereocenters. The molecule has 32 heavy (non-hydrogen) atoms. The summed E-state index contributed by atoms with van der Waals surface area (Å²) >= 11 is 0. The molecule has 0 aliphatic heterocycles. The van der Waals surface area contributed by atoms with E-state index in [1.54, 1.807) is 12.1 Å². The van der Waals surface area contributed by atoms with E-state index in [0.717, 1.165) is 63.4 Å². The molecule has 2 aliphatic carbocycles. The van der Waals surface area contributed by atoms with Crippen LogP contribution >= 0.6 is 0 Å². The highest BCUT2D eigenvalue weighted by Gasteiger charge is 2.29. The van der Waals surface area contributed by atoms with Crippen LogP contribution < -0.4 is 0 Å². The van der Waals surface area contributed by atoms with E-state index in [2.05, 4.69) is 6.92 Å². The number of halogens is 3. The predicted molar refractivity (Wildman–Crippen MR) is 122 cm³/mol. The van der Waals surface area contributed by atoms with Gasteiger partial charge in [0.25, 0.3) is 0 Å². The Bertz CT molecular complexity index is 909. The molecular weight excluding hydrogens is 409 g/mol. The van der Waals surface area contributed by atoms with Gasteiger partial charge in [0.05, 0.1) is 12.7 Å². The molecule has 0 radical (unpaired) electrons. The summed E-state index contributed by atoms with van der Waals surface area (Å²) < 4.78 is 50.1. The van der Waals surface area contributed by atoms with Crippen molar-refractivity contribution in [2.24, 2.45) is 5.92 Å². The largest absolute Gasteiger partial charge is 0.373 e. The molecule has 2 aromatic carbocycles. The summed E-state index contributed by atoms with van der Waals surface area (Å²) in [6, 6.07) is 8.96. The molecular formula is C28H35F3O. The third kappa shape index (κ3) is 5.22. The number of ether oxygens (including phenoxy) is 1. The van der Waals surface area contributed by atoms with Crippen LogP contribution in [0.15, 0.2) is 30.3 Å². The van der Waals surface area contributed by atoms with Crippen molar-refractivity contribution in [2.75, 3.05) is 0 Å². The molecule has 2 saturated carbocycles. The topological polar surface area (TPSA) is 9.23 Å². The molecule has 1 nitrogen and oxygen atoms in total. The second kappa shape index (κ2) is 10.4. The first kappa shape index (κ1) is 23.4. The fourth-order valence-corrected chi connectivity index (χ4v) is 5.46. The molecule has 4 rings (SSSR count). The van der Waals surface area contributed by atoms with E-state index in [4.69, 9.17) is 4.74 Å². The van der Waals surface area contributed by atoms with Crippen LogP contribution in [0.5, 0.6) is 0 Å². The van der Waals surface area contributed by atoms with Crippen LogP contribution in [0.1, 0.15) is 99.3 Å². The van der Waals surface area contributed by atoms with Crippen LogP contribution in [0.2, 0.25) is 0 Å². The Labute approximate surface area is 190 Å². The molecule has 2 aromatic rings. The molecule has 0 N–H and O–H groups in total. The van der Waals surface area contributed by atoms with Gasteiger partial charge in [-0.3, -0.25) is 0 Å². The van der Waals surface area contributed by atoms with Crippen molar-refractivity contribution in [3.63, 3.8) is 0 Å². The van der Waals surface area contributed by atoms with Crippen molar-refractivity contribution >= 4 is 0 Å². The first-order chi connectivity index (χ1) is 15.5. The minimum absolute atomic E-state index is 0.0188. The van der Waals surface area contributed by atoms with Gasteiger partial charge in [0.15, 0.2) is 11.6 Å². The minimum Gasteiger partial charge on any atom is -0.373 e. The van der Waals surface area contributed by atoms with E-state index < -0.39 is 11.6 Å². The first-order valence-electron chi connectivity index (χ1n) is 12.3. The van der Waals surface area contributed by atoms with Gasteiger partial charge in [-0.05, 0) is 85.5 Å². The second-order valence-corrected chi connectivity index (χ2v) is 9.89. The quantitative estimate of drug-likeness (QED) is 0.436. The zero-order valence-electron chi connectivity index (χ0n) is 19.3. The fraction of sp³-hybridized carbons (Fsp3) is 0.571. The lowest BCUT2D eigenvalue weighted by atomic mass is 9.77. The number of hydrogen-bond donors (Lipinski definition) is 0. The van der Waals surface area contributed by atoms with Gasteiger partial charge in [-0.1, -0.05) is 51.0 Å². The maximum absolute atomic E-state index is 15.0. The molecule has 2 aliphatic rings. The summed E-state index contributed by atoms with van der Waals surface area (Å²) in [5.74, 6) is -0.655. The summed E-state index contributed by atoms with van der Waals surface area (Å²) in [6.45, 7) is 4.49. The monoisotopic (exact) mass is 444 g/mol. The van der Waals surface area contributed by atoms with Gasteiger partial charge >= 0.3 is 0 Å². The predicted octanol–water partition coefficient (Wildman–Crippen LogP) is 8.20. The van der Waals surface area contributed by atoms with E-state index in [0.29, 0.717) is 22.6 Å². The van der Waals surface area contributed by atoms with Crippen molar-refractivity contribution in [3.8, 4) is 0 Å². The Balaban J connectivity index is 1.33. The van der Waals surface area contributed by atoms with Gasteiger partial charge < -0.3 is 4.74 Å². The molecule has 174 valence electrons.